The van der Waals surface area contributed by atoms with E-state index in [1.807, 2.05) is 0 Å². The summed E-state index contributed by atoms with van der Waals surface area (Å²) < 4.78 is 24.9. The van der Waals surface area contributed by atoms with E-state index in [0.717, 1.165) is 28.7 Å². The molecule has 0 aliphatic heterocycles. The van der Waals surface area contributed by atoms with Crippen molar-refractivity contribution in [3.05, 3.63) is 105 Å². The van der Waals surface area contributed by atoms with Gasteiger partial charge in [0.1, 0.15) is 28.6 Å². The molecule has 9 heteroatoms. The molecule has 2 N–H and O–H groups in total. The minimum Gasteiger partial charge on any atom is -0.497 e. The smallest absolute Gasteiger partial charge is 0.335 e. The van der Waals surface area contributed by atoms with Crippen molar-refractivity contribution in [2.75, 3.05) is 7.11 Å². The lowest BCUT2D eigenvalue weighted by Gasteiger charge is -2.09. The third-order valence-electron chi connectivity index (χ3n) is 4.68. The quantitative estimate of drug-likeness (QED) is 0.436. The van der Waals surface area contributed by atoms with E-state index >= 15 is 0 Å². The topological polar surface area (TPSA) is 106 Å². The second kappa shape index (κ2) is 9.23. The Morgan fingerprint density at radius 3 is 2.09 bits per heavy atom. The highest BCUT2D eigenvalue weighted by Crippen LogP contribution is 2.26. The molecule has 0 aliphatic carbocycles. The molecule has 8 nitrogen and oxygen atoms in total. The number of aliphatic imine (C=N–C) groups is 1. The Bertz CT molecular complexity index is 1410. The summed E-state index contributed by atoms with van der Waals surface area (Å²) in [4.78, 5) is 30.7. The number of benzene rings is 3. The number of halogens is 1. The van der Waals surface area contributed by atoms with Gasteiger partial charge >= 0.3 is 5.69 Å². The highest BCUT2D eigenvalue weighted by Gasteiger charge is 2.14. The first kappa shape index (κ1) is 21.6. The van der Waals surface area contributed by atoms with Gasteiger partial charge in [-0.1, -0.05) is 0 Å². The maximum Gasteiger partial charge on any atom is 0.335 e. The summed E-state index contributed by atoms with van der Waals surface area (Å²) in [5.74, 6) is 0.808. The van der Waals surface area contributed by atoms with Crippen molar-refractivity contribution in [2.24, 2.45) is 4.99 Å². The minimum atomic E-state index is -0.860. The number of hydrogen-bond acceptors (Lipinski definition) is 6. The van der Waals surface area contributed by atoms with Crippen molar-refractivity contribution in [2.45, 2.75) is 0 Å². The highest BCUT2D eigenvalue weighted by atomic mass is 19.1. The Morgan fingerprint density at radius 2 is 1.48 bits per heavy atom. The number of aromatic hydroxyl groups is 1. The fourth-order valence-corrected chi connectivity index (χ4v) is 3.00. The molecular weight excluding hydrogens is 429 g/mol. The first-order valence-corrected chi connectivity index (χ1v) is 9.75. The Hall–Kier alpha value is -4.66. The van der Waals surface area contributed by atoms with Crippen LogP contribution >= 0.6 is 0 Å². The molecule has 1 heterocycles. The number of nitrogens with zero attached hydrogens (tertiary/aromatic N) is 2. The zero-order valence-electron chi connectivity index (χ0n) is 17.4. The van der Waals surface area contributed by atoms with Crippen LogP contribution in [0.4, 0.5) is 10.1 Å². The molecule has 0 aliphatic rings. The number of rotatable bonds is 6. The van der Waals surface area contributed by atoms with E-state index in [0.29, 0.717) is 17.2 Å². The first-order chi connectivity index (χ1) is 15.9. The predicted molar refractivity (Wildman–Crippen MR) is 121 cm³/mol. The summed E-state index contributed by atoms with van der Waals surface area (Å²) in [5.41, 5.74) is -1.22. The van der Waals surface area contributed by atoms with Gasteiger partial charge in [0.25, 0.3) is 5.56 Å². The Morgan fingerprint density at radius 1 is 0.909 bits per heavy atom. The SMILES string of the molecule is COc1ccc(Oc2ccc(N=Cc3c(O)n(-c4ccc(F)cc4)c(=O)[nH]c3=O)cc2)cc1. The fourth-order valence-electron chi connectivity index (χ4n) is 3.00. The van der Waals surface area contributed by atoms with Crippen molar-refractivity contribution in [1.82, 2.24) is 9.55 Å². The van der Waals surface area contributed by atoms with Crippen LogP contribution < -0.4 is 20.7 Å². The van der Waals surface area contributed by atoms with Gasteiger partial charge < -0.3 is 14.6 Å². The molecule has 3 aromatic carbocycles. The van der Waals surface area contributed by atoms with Crippen LogP contribution in [-0.2, 0) is 0 Å². The highest BCUT2D eigenvalue weighted by molar-refractivity contribution is 5.84. The van der Waals surface area contributed by atoms with E-state index < -0.39 is 22.9 Å². The molecule has 0 atom stereocenters. The summed E-state index contributed by atoms with van der Waals surface area (Å²) >= 11 is 0. The third kappa shape index (κ3) is 4.82. The lowest BCUT2D eigenvalue weighted by molar-refractivity contribution is 0.413. The molecule has 0 unspecified atom stereocenters. The minimum absolute atomic E-state index is 0.185. The summed E-state index contributed by atoms with van der Waals surface area (Å²) in [6, 6.07) is 18.7. The normalized spacial score (nSPS) is 11.0. The number of hydrogen-bond donors (Lipinski definition) is 2. The van der Waals surface area contributed by atoms with Gasteiger partial charge in [-0.2, -0.15) is 0 Å². The van der Waals surface area contributed by atoms with E-state index in [4.69, 9.17) is 9.47 Å². The van der Waals surface area contributed by atoms with Crippen molar-refractivity contribution in [1.29, 1.82) is 0 Å². The summed E-state index contributed by atoms with van der Waals surface area (Å²) in [6.45, 7) is 0. The van der Waals surface area contributed by atoms with E-state index in [9.17, 15) is 19.1 Å². The van der Waals surface area contributed by atoms with E-state index in [1.165, 1.54) is 12.1 Å². The van der Waals surface area contributed by atoms with Crippen LogP contribution in [0.25, 0.3) is 5.69 Å². The Balaban J connectivity index is 1.57. The van der Waals surface area contributed by atoms with Crippen LogP contribution in [-0.4, -0.2) is 28.0 Å². The number of H-pyrrole nitrogens is 1. The average Bonchev–Trinajstić information content (AvgIpc) is 2.81. The van der Waals surface area contributed by atoms with Crippen LogP contribution in [0.5, 0.6) is 23.1 Å². The lowest BCUT2D eigenvalue weighted by atomic mass is 10.2. The molecule has 0 saturated heterocycles. The molecule has 4 rings (SSSR count). The van der Waals surface area contributed by atoms with Crippen LogP contribution in [0.1, 0.15) is 5.56 Å². The van der Waals surface area contributed by atoms with Gasteiger partial charge in [0, 0.05) is 6.21 Å². The van der Waals surface area contributed by atoms with Gasteiger partial charge in [-0.25, -0.2) is 13.8 Å². The molecule has 0 radical (unpaired) electrons. The number of aromatic nitrogens is 2. The lowest BCUT2D eigenvalue weighted by Crippen LogP contribution is -2.31. The van der Waals surface area contributed by atoms with Gasteiger partial charge in [-0.05, 0) is 72.8 Å². The standard InChI is InChI=1S/C24H18FN3O5/c1-32-18-10-12-20(13-11-18)33-19-8-4-16(5-9-19)26-14-21-22(29)27-24(31)28(23(21)30)17-6-2-15(25)3-7-17/h2-14,30H,1H3,(H,27,29,31). The molecule has 0 bridgehead atoms. The van der Waals surface area contributed by atoms with Gasteiger partial charge in [0.2, 0.25) is 5.88 Å². The fraction of sp³-hybridized carbons (Fsp3) is 0.0417. The van der Waals surface area contributed by atoms with Gasteiger partial charge in [0.05, 0.1) is 18.5 Å². The molecule has 33 heavy (non-hydrogen) atoms. The van der Waals surface area contributed by atoms with E-state index in [2.05, 4.69) is 9.98 Å². The summed E-state index contributed by atoms with van der Waals surface area (Å²) in [7, 11) is 1.58. The molecule has 0 spiro atoms. The van der Waals surface area contributed by atoms with E-state index in [-0.39, 0.29) is 11.3 Å². The molecule has 1 aromatic heterocycles. The van der Waals surface area contributed by atoms with Crippen LogP contribution in [0, 0.1) is 5.82 Å². The number of aromatic amines is 1. The van der Waals surface area contributed by atoms with Crippen LogP contribution in [0.2, 0.25) is 0 Å². The number of nitrogens with one attached hydrogen (secondary N) is 1. The van der Waals surface area contributed by atoms with Crippen molar-refractivity contribution < 1.29 is 19.0 Å². The predicted octanol–water partition coefficient (Wildman–Crippen LogP) is 3.92. The summed E-state index contributed by atoms with van der Waals surface area (Å²) in [6.07, 6.45) is 1.15. The monoisotopic (exact) mass is 447 g/mol. The second-order valence-corrected chi connectivity index (χ2v) is 6.84. The van der Waals surface area contributed by atoms with Crippen molar-refractivity contribution in [3.63, 3.8) is 0 Å². The Labute approximate surface area is 186 Å². The molecule has 0 fully saturated rings. The maximum atomic E-state index is 13.2. The van der Waals surface area contributed by atoms with Crippen LogP contribution in [0.15, 0.2) is 87.4 Å². The molecule has 4 aromatic rings. The van der Waals surface area contributed by atoms with Crippen molar-refractivity contribution >= 4 is 11.9 Å². The van der Waals surface area contributed by atoms with Crippen LogP contribution in [0.3, 0.4) is 0 Å². The second-order valence-electron chi connectivity index (χ2n) is 6.84. The largest absolute Gasteiger partial charge is 0.497 e. The molecule has 0 saturated carbocycles. The molecule has 0 amide bonds. The molecule has 166 valence electrons. The zero-order valence-corrected chi connectivity index (χ0v) is 17.4. The van der Waals surface area contributed by atoms with E-state index in [1.54, 1.807) is 55.6 Å². The number of methoxy groups -OCH3 is 1. The number of ether oxygens (including phenoxy) is 2. The van der Waals surface area contributed by atoms with Crippen molar-refractivity contribution in [3.8, 4) is 28.8 Å². The van der Waals surface area contributed by atoms with Gasteiger partial charge in [-0.3, -0.25) is 14.8 Å². The summed E-state index contributed by atoms with van der Waals surface area (Å²) in [5, 5.41) is 10.5. The van der Waals surface area contributed by atoms with Gasteiger partial charge in [-0.15, -0.1) is 0 Å². The third-order valence-corrected chi connectivity index (χ3v) is 4.68. The Kier molecular flexibility index (Phi) is 6.03. The van der Waals surface area contributed by atoms with Gasteiger partial charge in [0.15, 0.2) is 0 Å². The zero-order chi connectivity index (χ0) is 23.4. The average molecular weight is 447 g/mol. The first-order valence-electron chi connectivity index (χ1n) is 9.75. The molecular formula is C24H18FN3O5. The maximum absolute atomic E-state index is 13.2.